The van der Waals surface area contributed by atoms with Gasteiger partial charge in [0, 0.05) is 22.6 Å². The van der Waals surface area contributed by atoms with Crippen molar-refractivity contribution in [2.24, 2.45) is 0 Å². The third-order valence-electron chi connectivity index (χ3n) is 3.33. The molecular weight excluding hydrogens is 405 g/mol. The number of nitro groups is 1. The highest BCUT2D eigenvalue weighted by atomic mass is 35.5. The van der Waals surface area contributed by atoms with Gasteiger partial charge in [-0.15, -0.1) is 22.7 Å². The Labute approximate surface area is 160 Å². The molecule has 0 aliphatic heterocycles. The van der Waals surface area contributed by atoms with Crippen LogP contribution in [0.5, 0.6) is 0 Å². The van der Waals surface area contributed by atoms with E-state index in [2.05, 4.69) is 10.3 Å². The van der Waals surface area contributed by atoms with Crippen LogP contribution < -0.4 is 5.32 Å². The molecule has 0 saturated heterocycles. The molecule has 2 aromatic heterocycles. The second-order valence-corrected chi connectivity index (χ2v) is 8.13. The van der Waals surface area contributed by atoms with Crippen LogP contribution >= 0.6 is 45.9 Å². The van der Waals surface area contributed by atoms with Crippen LogP contribution in [0.25, 0.3) is 11.3 Å². The average molecular weight is 414 g/mol. The van der Waals surface area contributed by atoms with Crippen molar-refractivity contribution in [2.45, 2.75) is 6.92 Å². The number of carbonyl (C=O) groups excluding carboxylic acids is 1. The first kappa shape index (κ1) is 17.8. The molecule has 6 nitrogen and oxygen atoms in total. The second kappa shape index (κ2) is 7.09. The number of hydrogen-bond acceptors (Lipinski definition) is 6. The molecule has 0 bridgehead atoms. The van der Waals surface area contributed by atoms with Gasteiger partial charge in [-0.25, -0.2) is 4.98 Å². The van der Waals surface area contributed by atoms with Gasteiger partial charge in [-0.05, 0) is 13.0 Å². The van der Waals surface area contributed by atoms with Crippen molar-refractivity contribution in [2.75, 3.05) is 5.32 Å². The van der Waals surface area contributed by atoms with Gasteiger partial charge < -0.3 is 0 Å². The van der Waals surface area contributed by atoms with Gasteiger partial charge in [0.2, 0.25) is 0 Å². The van der Waals surface area contributed by atoms with Gasteiger partial charge in [-0.1, -0.05) is 35.3 Å². The molecule has 0 atom stereocenters. The maximum Gasteiger partial charge on any atom is 0.272 e. The quantitative estimate of drug-likeness (QED) is 0.442. The second-order valence-electron chi connectivity index (χ2n) is 4.99. The van der Waals surface area contributed by atoms with Crippen LogP contribution in [-0.2, 0) is 0 Å². The number of carbonyl (C=O) groups is 1. The molecule has 0 unspecified atom stereocenters. The highest BCUT2D eigenvalue weighted by molar-refractivity contribution is 7.20. The van der Waals surface area contributed by atoms with Crippen molar-refractivity contribution in [3.05, 3.63) is 59.6 Å². The Kier molecular flexibility index (Phi) is 5.05. The molecule has 3 rings (SSSR count). The molecule has 25 heavy (non-hydrogen) atoms. The van der Waals surface area contributed by atoms with E-state index in [4.69, 9.17) is 23.2 Å². The lowest BCUT2D eigenvalue weighted by atomic mass is 10.1. The fourth-order valence-corrected chi connectivity index (χ4v) is 4.26. The van der Waals surface area contributed by atoms with E-state index >= 15 is 0 Å². The minimum Gasteiger partial charge on any atom is -0.298 e. The molecule has 0 aliphatic rings. The Morgan fingerprint density at radius 3 is 2.72 bits per heavy atom. The van der Waals surface area contributed by atoms with Crippen LogP contribution in [-0.4, -0.2) is 15.8 Å². The van der Waals surface area contributed by atoms with Crippen molar-refractivity contribution in [3.63, 3.8) is 0 Å². The predicted octanol–water partition coefficient (Wildman–Crippen LogP) is 5.65. The Morgan fingerprint density at radius 2 is 2.08 bits per heavy atom. The SMILES string of the molecule is Cc1ccc(-c2csc(NC(=O)c3cc(Cl)sc3Cl)n2)cc1[N+](=O)[O-]. The standard InChI is InChI=1S/C15H9Cl2N3O3S2/c1-7-2-3-8(4-11(7)20(22)23)10-6-24-15(18-10)19-14(21)9-5-12(16)25-13(9)17/h2-6H,1H3,(H,18,19,21). The van der Waals surface area contributed by atoms with Gasteiger partial charge in [0.05, 0.1) is 20.5 Å². The third kappa shape index (κ3) is 3.82. The van der Waals surface area contributed by atoms with E-state index in [1.807, 2.05) is 0 Å². The van der Waals surface area contributed by atoms with Crippen LogP contribution in [0.1, 0.15) is 15.9 Å². The topological polar surface area (TPSA) is 85.1 Å². The number of benzene rings is 1. The molecule has 0 saturated carbocycles. The van der Waals surface area contributed by atoms with Crippen LogP contribution in [0.3, 0.4) is 0 Å². The molecule has 1 N–H and O–H groups in total. The number of rotatable bonds is 4. The highest BCUT2D eigenvalue weighted by Crippen LogP contribution is 2.33. The summed E-state index contributed by atoms with van der Waals surface area (Å²) in [4.78, 5) is 27.1. The number of nitrogens with zero attached hydrogens (tertiary/aromatic N) is 2. The summed E-state index contributed by atoms with van der Waals surface area (Å²) in [5.41, 5.74) is 2.01. The number of aryl methyl sites for hydroxylation is 1. The molecule has 0 radical (unpaired) electrons. The van der Waals surface area contributed by atoms with E-state index in [1.165, 1.54) is 23.5 Å². The normalized spacial score (nSPS) is 10.7. The Bertz CT molecular complexity index is 984. The number of thiazole rings is 1. The maximum absolute atomic E-state index is 12.2. The Balaban J connectivity index is 1.83. The van der Waals surface area contributed by atoms with E-state index < -0.39 is 10.8 Å². The first-order valence-corrected chi connectivity index (χ1v) is 9.27. The van der Waals surface area contributed by atoms with E-state index in [9.17, 15) is 14.9 Å². The molecule has 1 aromatic carbocycles. The summed E-state index contributed by atoms with van der Waals surface area (Å²) in [6.07, 6.45) is 0. The predicted molar refractivity (Wildman–Crippen MR) is 101 cm³/mol. The van der Waals surface area contributed by atoms with Crippen LogP contribution in [0.4, 0.5) is 10.8 Å². The number of anilines is 1. The average Bonchev–Trinajstić information content (AvgIpc) is 3.13. The smallest absolute Gasteiger partial charge is 0.272 e. The molecule has 3 aromatic rings. The number of nitro benzene ring substituents is 1. The summed E-state index contributed by atoms with van der Waals surface area (Å²) in [6.45, 7) is 1.67. The van der Waals surface area contributed by atoms with E-state index in [1.54, 1.807) is 24.4 Å². The Hall–Kier alpha value is -2.00. The van der Waals surface area contributed by atoms with E-state index in [0.717, 1.165) is 11.3 Å². The zero-order valence-corrected chi connectivity index (χ0v) is 15.7. The third-order valence-corrected chi connectivity index (χ3v) is 5.57. The minimum absolute atomic E-state index is 0.0239. The lowest BCUT2D eigenvalue weighted by molar-refractivity contribution is -0.385. The van der Waals surface area contributed by atoms with E-state index in [0.29, 0.717) is 30.6 Å². The minimum atomic E-state index is -0.434. The molecule has 0 fully saturated rings. The van der Waals surface area contributed by atoms with Crippen LogP contribution in [0, 0.1) is 17.0 Å². The highest BCUT2D eigenvalue weighted by Gasteiger charge is 2.17. The maximum atomic E-state index is 12.2. The Morgan fingerprint density at radius 1 is 1.32 bits per heavy atom. The lowest BCUT2D eigenvalue weighted by Gasteiger charge is -2.01. The molecule has 1 amide bonds. The molecule has 2 heterocycles. The molecular formula is C15H9Cl2N3O3S2. The zero-order chi connectivity index (χ0) is 18.1. The van der Waals surface area contributed by atoms with Crippen molar-refractivity contribution in [3.8, 4) is 11.3 Å². The van der Waals surface area contributed by atoms with Crippen LogP contribution in [0.15, 0.2) is 29.6 Å². The van der Waals surface area contributed by atoms with Crippen molar-refractivity contribution in [1.29, 1.82) is 0 Å². The number of hydrogen-bond donors (Lipinski definition) is 1. The van der Waals surface area contributed by atoms with Gasteiger partial charge in [0.25, 0.3) is 11.6 Å². The first-order chi connectivity index (χ1) is 11.8. The lowest BCUT2D eigenvalue weighted by Crippen LogP contribution is -2.11. The summed E-state index contributed by atoms with van der Waals surface area (Å²) in [5, 5.41) is 15.8. The summed E-state index contributed by atoms with van der Waals surface area (Å²) >= 11 is 14.1. The molecule has 10 heteroatoms. The van der Waals surface area contributed by atoms with Gasteiger partial charge >= 0.3 is 0 Å². The van der Waals surface area contributed by atoms with Crippen molar-refractivity contribution in [1.82, 2.24) is 4.98 Å². The fourth-order valence-electron chi connectivity index (χ4n) is 2.09. The largest absolute Gasteiger partial charge is 0.298 e. The summed E-state index contributed by atoms with van der Waals surface area (Å²) in [6, 6.07) is 6.37. The first-order valence-electron chi connectivity index (χ1n) is 6.82. The van der Waals surface area contributed by atoms with Crippen LogP contribution in [0.2, 0.25) is 8.67 Å². The van der Waals surface area contributed by atoms with Crippen molar-refractivity contribution >= 4 is 62.6 Å². The monoisotopic (exact) mass is 413 g/mol. The summed E-state index contributed by atoms with van der Waals surface area (Å²) in [5.74, 6) is -0.413. The van der Waals surface area contributed by atoms with Gasteiger partial charge in [-0.3, -0.25) is 20.2 Å². The van der Waals surface area contributed by atoms with Gasteiger partial charge in [0.15, 0.2) is 5.13 Å². The van der Waals surface area contributed by atoms with Crippen molar-refractivity contribution < 1.29 is 9.72 Å². The molecule has 128 valence electrons. The summed E-state index contributed by atoms with van der Waals surface area (Å²) < 4.78 is 0.718. The van der Waals surface area contributed by atoms with E-state index in [-0.39, 0.29) is 11.3 Å². The fraction of sp³-hybridized carbons (Fsp3) is 0.0667. The number of nitrogens with one attached hydrogen (secondary N) is 1. The van der Waals surface area contributed by atoms with Gasteiger partial charge in [0.1, 0.15) is 4.34 Å². The number of thiophene rings is 1. The molecule has 0 aliphatic carbocycles. The zero-order valence-electron chi connectivity index (χ0n) is 12.6. The number of aromatic nitrogens is 1. The summed E-state index contributed by atoms with van der Waals surface area (Å²) in [7, 11) is 0. The molecule has 0 spiro atoms. The number of halogens is 2. The van der Waals surface area contributed by atoms with Gasteiger partial charge in [-0.2, -0.15) is 0 Å². The number of amides is 1.